The molecule has 0 spiro atoms. The molecule has 0 bridgehead atoms. The minimum Gasteiger partial charge on any atom is -0.258 e. The van der Waals surface area contributed by atoms with E-state index < -0.39 is 14.8 Å². The van der Waals surface area contributed by atoms with Crippen LogP contribution >= 0.6 is 0 Å². The van der Waals surface area contributed by atoms with Crippen molar-refractivity contribution in [3.05, 3.63) is 97.1 Å². The topological polar surface area (TPSA) is 155 Å². The Kier molecular flexibility index (Phi) is 4.76. The van der Waals surface area contributed by atoms with Crippen LogP contribution in [0.25, 0.3) is 33.5 Å². The molecule has 31 heavy (non-hydrogen) atoms. The van der Waals surface area contributed by atoms with E-state index in [9.17, 15) is 30.3 Å². The fourth-order valence-electron chi connectivity index (χ4n) is 3.04. The van der Waals surface area contributed by atoms with E-state index in [0.29, 0.717) is 28.0 Å². The SMILES string of the molecule is O=[N+]([O-])c1ccc(-c2nc3ccc([N+](=O)[O-])cc3nc2-c2ccc([N+](=O)[O-])cc2)cc1. The lowest BCUT2D eigenvalue weighted by Gasteiger charge is -2.10. The van der Waals surface area contributed by atoms with Crippen LogP contribution < -0.4 is 0 Å². The molecule has 0 saturated carbocycles. The molecule has 3 aromatic carbocycles. The smallest absolute Gasteiger partial charge is 0.258 e. The van der Waals surface area contributed by atoms with Gasteiger partial charge in [0.05, 0.1) is 37.2 Å². The Balaban J connectivity index is 1.94. The first-order chi connectivity index (χ1) is 14.8. The lowest BCUT2D eigenvalue weighted by molar-refractivity contribution is -0.385. The molecule has 152 valence electrons. The predicted octanol–water partition coefficient (Wildman–Crippen LogP) is 4.69. The molecule has 0 amide bonds. The maximum absolute atomic E-state index is 11.1. The van der Waals surface area contributed by atoms with E-state index in [0.717, 1.165) is 0 Å². The molecule has 0 N–H and O–H groups in total. The summed E-state index contributed by atoms with van der Waals surface area (Å²) in [6.45, 7) is 0. The second kappa shape index (κ2) is 7.55. The fourth-order valence-corrected chi connectivity index (χ4v) is 3.04. The van der Waals surface area contributed by atoms with Crippen LogP contribution in [0.3, 0.4) is 0 Å². The van der Waals surface area contributed by atoms with E-state index in [1.807, 2.05) is 0 Å². The van der Waals surface area contributed by atoms with Gasteiger partial charge in [0.25, 0.3) is 17.1 Å². The summed E-state index contributed by atoms with van der Waals surface area (Å²) in [4.78, 5) is 40.5. The Morgan fingerprint density at radius 1 is 0.516 bits per heavy atom. The van der Waals surface area contributed by atoms with Crippen molar-refractivity contribution in [2.45, 2.75) is 0 Å². The van der Waals surface area contributed by atoms with Gasteiger partial charge in [0.15, 0.2) is 0 Å². The van der Waals surface area contributed by atoms with Crippen LogP contribution in [0.1, 0.15) is 0 Å². The quantitative estimate of drug-likeness (QED) is 0.334. The van der Waals surface area contributed by atoms with E-state index in [2.05, 4.69) is 9.97 Å². The van der Waals surface area contributed by atoms with Crippen LogP contribution in [0.2, 0.25) is 0 Å². The maximum Gasteiger partial charge on any atom is 0.271 e. The minimum atomic E-state index is -0.545. The Labute approximate surface area is 173 Å². The molecular formula is C20H11N5O6. The van der Waals surface area contributed by atoms with Gasteiger partial charge in [-0.3, -0.25) is 30.3 Å². The average molecular weight is 417 g/mol. The lowest BCUT2D eigenvalue weighted by atomic mass is 10.0. The van der Waals surface area contributed by atoms with Gasteiger partial charge >= 0.3 is 0 Å². The van der Waals surface area contributed by atoms with Crippen LogP contribution in [0.5, 0.6) is 0 Å². The average Bonchev–Trinajstić information content (AvgIpc) is 2.78. The van der Waals surface area contributed by atoms with E-state index in [4.69, 9.17) is 0 Å². The number of non-ortho nitro benzene ring substituents is 3. The highest BCUT2D eigenvalue weighted by Gasteiger charge is 2.17. The van der Waals surface area contributed by atoms with E-state index in [1.165, 1.54) is 66.7 Å². The number of aromatic nitrogens is 2. The van der Waals surface area contributed by atoms with Crippen molar-refractivity contribution in [1.29, 1.82) is 0 Å². The van der Waals surface area contributed by atoms with Crippen molar-refractivity contribution >= 4 is 28.1 Å². The van der Waals surface area contributed by atoms with Gasteiger partial charge in [-0.25, -0.2) is 9.97 Å². The van der Waals surface area contributed by atoms with Gasteiger partial charge < -0.3 is 0 Å². The molecule has 0 saturated heterocycles. The molecule has 0 unspecified atom stereocenters. The highest BCUT2D eigenvalue weighted by Crippen LogP contribution is 2.33. The second-order valence-corrected chi connectivity index (χ2v) is 6.46. The standard InChI is InChI=1S/C20H11N5O6/c26-23(27)14-5-1-12(2-6-14)19-20(13-3-7-15(8-4-13)24(28)29)22-18-11-16(25(30)31)9-10-17(18)21-19/h1-11H. The van der Waals surface area contributed by atoms with Crippen molar-refractivity contribution in [1.82, 2.24) is 9.97 Å². The summed E-state index contributed by atoms with van der Waals surface area (Å²) in [5, 5.41) is 33.0. The van der Waals surface area contributed by atoms with Crippen molar-refractivity contribution < 1.29 is 14.8 Å². The largest absolute Gasteiger partial charge is 0.271 e. The Morgan fingerprint density at radius 2 is 0.903 bits per heavy atom. The van der Waals surface area contributed by atoms with Gasteiger partial charge in [-0.15, -0.1) is 0 Å². The number of nitro groups is 3. The number of rotatable bonds is 5. The first kappa shape index (κ1) is 19.5. The third kappa shape index (κ3) is 3.74. The van der Waals surface area contributed by atoms with Crippen LogP contribution in [-0.4, -0.2) is 24.7 Å². The van der Waals surface area contributed by atoms with Gasteiger partial charge in [-0.2, -0.15) is 0 Å². The third-order valence-electron chi connectivity index (χ3n) is 4.56. The van der Waals surface area contributed by atoms with E-state index >= 15 is 0 Å². The molecule has 0 aliphatic carbocycles. The van der Waals surface area contributed by atoms with E-state index in [1.54, 1.807) is 0 Å². The lowest BCUT2D eigenvalue weighted by Crippen LogP contribution is -1.97. The Hall–Kier alpha value is -4.80. The molecule has 1 heterocycles. The third-order valence-corrected chi connectivity index (χ3v) is 4.56. The molecule has 0 aliphatic heterocycles. The number of hydrogen-bond donors (Lipinski definition) is 0. The molecule has 4 rings (SSSR count). The van der Waals surface area contributed by atoms with Crippen LogP contribution in [0.4, 0.5) is 17.1 Å². The van der Waals surface area contributed by atoms with Crippen LogP contribution in [0, 0.1) is 30.3 Å². The van der Waals surface area contributed by atoms with Gasteiger partial charge in [0.1, 0.15) is 0 Å². The number of nitrogens with zero attached hydrogens (tertiary/aromatic N) is 5. The first-order valence-electron chi connectivity index (χ1n) is 8.79. The van der Waals surface area contributed by atoms with Crippen molar-refractivity contribution in [3.63, 3.8) is 0 Å². The zero-order chi connectivity index (χ0) is 22.1. The zero-order valence-electron chi connectivity index (χ0n) is 15.5. The summed E-state index contributed by atoms with van der Waals surface area (Å²) in [6, 6.07) is 15.4. The van der Waals surface area contributed by atoms with Crippen molar-refractivity contribution in [2.24, 2.45) is 0 Å². The first-order valence-corrected chi connectivity index (χ1v) is 8.79. The predicted molar refractivity (Wildman–Crippen MR) is 110 cm³/mol. The van der Waals surface area contributed by atoms with Crippen LogP contribution in [-0.2, 0) is 0 Å². The fraction of sp³-hybridized carbons (Fsp3) is 0. The minimum absolute atomic E-state index is 0.0926. The summed E-state index contributed by atoms with van der Waals surface area (Å²) < 4.78 is 0. The molecule has 11 heteroatoms. The molecular weight excluding hydrogens is 406 g/mol. The number of nitro benzene ring substituents is 3. The zero-order valence-corrected chi connectivity index (χ0v) is 15.5. The number of benzene rings is 3. The molecule has 1 aromatic heterocycles. The molecule has 4 aromatic rings. The molecule has 0 radical (unpaired) electrons. The van der Waals surface area contributed by atoms with Crippen molar-refractivity contribution in [2.75, 3.05) is 0 Å². The summed E-state index contributed by atoms with van der Waals surface area (Å²) >= 11 is 0. The Morgan fingerprint density at radius 3 is 1.32 bits per heavy atom. The highest BCUT2D eigenvalue weighted by molar-refractivity contribution is 5.87. The second-order valence-electron chi connectivity index (χ2n) is 6.46. The van der Waals surface area contributed by atoms with Crippen molar-refractivity contribution in [3.8, 4) is 22.5 Å². The van der Waals surface area contributed by atoms with E-state index in [-0.39, 0.29) is 22.6 Å². The molecule has 0 aliphatic rings. The summed E-state index contributed by atoms with van der Waals surface area (Å²) in [7, 11) is 0. The van der Waals surface area contributed by atoms with Gasteiger partial charge in [-0.1, -0.05) is 0 Å². The van der Waals surface area contributed by atoms with Crippen LogP contribution in [0.15, 0.2) is 66.7 Å². The maximum atomic E-state index is 11.1. The highest BCUT2D eigenvalue weighted by atomic mass is 16.6. The van der Waals surface area contributed by atoms with Gasteiger partial charge in [0, 0.05) is 47.5 Å². The number of fused-ring (bicyclic) bond motifs is 1. The monoisotopic (exact) mass is 417 g/mol. The summed E-state index contributed by atoms with van der Waals surface area (Å²) in [5.74, 6) is 0. The number of hydrogen-bond acceptors (Lipinski definition) is 8. The summed E-state index contributed by atoms with van der Waals surface area (Å²) in [6.07, 6.45) is 0. The molecule has 0 fully saturated rings. The Bertz CT molecular complexity index is 1350. The molecule has 11 nitrogen and oxygen atoms in total. The van der Waals surface area contributed by atoms with Gasteiger partial charge in [-0.05, 0) is 30.3 Å². The summed E-state index contributed by atoms with van der Waals surface area (Å²) in [5.41, 5.74) is 2.06. The molecule has 0 atom stereocenters. The normalized spacial score (nSPS) is 10.7. The van der Waals surface area contributed by atoms with Gasteiger partial charge in [0.2, 0.25) is 0 Å².